The maximum absolute atomic E-state index is 13.2. The number of aromatic amines is 1. The molecule has 3 aromatic heterocycles. The Labute approximate surface area is 249 Å². The number of nitrogens with zero attached hydrogens (tertiary/aromatic N) is 2. The van der Waals surface area contributed by atoms with Crippen LogP contribution in [0.15, 0.2) is 91.3 Å². The summed E-state index contributed by atoms with van der Waals surface area (Å²) in [6, 6.07) is 25.4. The Balaban J connectivity index is 1.62. The van der Waals surface area contributed by atoms with Gasteiger partial charge in [-0.1, -0.05) is 65.8 Å². The van der Waals surface area contributed by atoms with Crippen molar-refractivity contribution in [1.29, 1.82) is 0 Å². The molecule has 0 aliphatic rings. The van der Waals surface area contributed by atoms with E-state index in [2.05, 4.69) is 75.8 Å². The number of fused-ring (bicyclic) bond motifs is 3. The number of hydrogen-bond acceptors (Lipinski definition) is 2. The number of pyridine rings is 2. The van der Waals surface area contributed by atoms with Gasteiger partial charge in [0.05, 0.1) is 28.0 Å². The molecule has 6 rings (SSSR count). The van der Waals surface area contributed by atoms with Crippen molar-refractivity contribution >= 4 is 21.8 Å². The van der Waals surface area contributed by atoms with Crippen LogP contribution in [0.2, 0.25) is 0 Å². The van der Waals surface area contributed by atoms with Gasteiger partial charge in [-0.3, -0.25) is 9.97 Å². The van der Waals surface area contributed by atoms with Crippen molar-refractivity contribution in [1.82, 2.24) is 15.0 Å². The highest BCUT2D eigenvalue weighted by atomic mass is 19.4. The van der Waals surface area contributed by atoms with E-state index in [1.807, 2.05) is 48.7 Å². The van der Waals surface area contributed by atoms with Crippen LogP contribution in [0.5, 0.6) is 0 Å². The number of halogens is 3. The summed E-state index contributed by atoms with van der Waals surface area (Å²) >= 11 is 0. The summed E-state index contributed by atoms with van der Waals surface area (Å²) in [5, 5.41) is 2.26. The second-order valence-corrected chi connectivity index (χ2v) is 13.2. The van der Waals surface area contributed by atoms with Crippen molar-refractivity contribution in [3.05, 3.63) is 108 Å². The van der Waals surface area contributed by atoms with Gasteiger partial charge in [0.2, 0.25) is 0 Å². The number of rotatable bonds is 3. The predicted octanol–water partition coefficient (Wildman–Crippen LogP) is 10.7. The van der Waals surface area contributed by atoms with Crippen molar-refractivity contribution in [2.75, 3.05) is 0 Å². The smallest absolute Gasteiger partial charge is 0.353 e. The SMILES string of the molecule is CC(C)(C)c1cc(-c2cccc(-c3ccc(C(F)(F)F)cn3)c2)c2[nH]c3c(-c4ccccn4)cc(C(C)(C)C)cc3c2c1. The first-order valence-corrected chi connectivity index (χ1v) is 14.4. The lowest BCUT2D eigenvalue weighted by atomic mass is 9.82. The van der Waals surface area contributed by atoms with Crippen LogP contribution in [-0.4, -0.2) is 15.0 Å². The molecule has 0 aliphatic carbocycles. The monoisotopic (exact) mass is 577 g/mol. The van der Waals surface area contributed by atoms with Crippen LogP contribution < -0.4 is 0 Å². The zero-order chi connectivity index (χ0) is 30.7. The number of H-pyrrole nitrogens is 1. The molecular formula is C37H34F3N3. The summed E-state index contributed by atoms with van der Waals surface area (Å²) in [4.78, 5) is 12.6. The van der Waals surface area contributed by atoms with Gasteiger partial charge in [-0.15, -0.1) is 0 Å². The quantitative estimate of drug-likeness (QED) is 0.227. The highest BCUT2D eigenvalue weighted by molar-refractivity contribution is 6.16. The molecule has 1 N–H and O–H groups in total. The number of benzene rings is 3. The van der Waals surface area contributed by atoms with Gasteiger partial charge in [-0.05, 0) is 82.1 Å². The summed E-state index contributed by atoms with van der Waals surface area (Å²) < 4.78 is 39.5. The lowest BCUT2D eigenvalue weighted by Crippen LogP contribution is -2.11. The van der Waals surface area contributed by atoms with E-state index in [0.29, 0.717) is 5.69 Å². The van der Waals surface area contributed by atoms with Crippen molar-refractivity contribution < 1.29 is 13.2 Å². The Morgan fingerprint density at radius 1 is 0.558 bits per heavy atom. The molecule has 0 bridgehead atoms. The normalized spacial score (nSPS) is 12.8. The molecule has 3 heterocycles. The lowest BCUT2D eigenvalue weighted by Gasteiger charge is -2.22. The zero-order valence-electron chi connectivity index (χ0n) is 25.2. The second kappa shape index (κ2) is 10.1. The molecule has 0 saturated carbocycles. The number of alkyl halides is 3. The molecule has 0 aliphatic heterocycles. The Morgan fingerprint density at radius 2 is 1.19 bits per heavy atom. The largest absolute Gasteiger partial charge is 0.417 e. The number of aromatic nitrogens is 3. The van der Waals surface area contributed by atoms with E-state index in [1.54, 1.807) is 0 Å². The van der Waals surface area contributed by atoms with Crippen molar-refractivity contribution in [3.8, 4) is 33.6 Å². The van der Waals surface area contributed by atoms with E-state index < -0.39 is 11.7 Å². The summed E-state index contributed by atoms with van der Waals surface area (Å²) in [7, 11) is 0. The molecule has 3 nitrogen and oxygen atoms in total. The fourth-order valence-corrected chi connectivity index (χ4v) is 5.50. The molecule has 0 atom stereocenters. The van der Waals surface area contributed by atoms with Crippen LogP contribution in [-0.2, 0) is 17.0 Å². The summed E-state index contributed by atoms with van der Waals surface area (Å²) in [6.45, 7) is 13.3. The first kappa shape index (κ1) is 28.7. The lowest BCUT2D eigenvalue weighted by molar-refractivity contribution is -0.137. The molecule has 0 unspecified atom stereocenters. The molecule has 0 fully saturated rings. The average Bonchev–Trinajstić information content (AvgIpc) is 3.34. The van der Waals surface area contributed by atoms with Gasteiger partial charge in [0, 0.05) is 39.9 Å². The predicted molar refractivity (Wildman–Crippen MR) is 170 cm³/mol. The molecule has 43 heavy (non-hydrogen) atoms. The van der Waals surface area contributed by atoms with Crippen LogP contribution >= 0.6 is 0 Å². The summed E-state index contributed by atoms with van der Waals surface area (Å²) in [5.41, 5.74) is 8.65. The molecule has 3 aromatic carbocycles. The minimum Gasteiger partial charge on any atom is -0.353 e. The van der Waals surface area contributed by atoms with E-state index >= 15 is 0 Å². The van der Waals surface area contributed by atoms with Gasteiger partial charge in [-0.25, -0.2) is 0 Å². The molecule has 0 radical (unpaired) electrons. The van der Waals surface area contributed by atoms with E-state index in [4.69, 9.17) is 4.98 Å². The van der Waals surface area contributed by atoms with Crippen LogP contribution in [0.4, 0.5) is 13.2 Å². The van der Waals surface area contributed by atoms with E-state index in [1.165, 1.54) is 17.2 Å². The van der Waals surface area contributed by atoms with Gasteiger partial charge in [0.15, 0.2) is 0 Å². The van der Waals surface area contributed by atoms with Gasteiger partial charge >= 0.3 is 6.18 Å². The molecule has 0 amide bonds. The summed E-state index contributed by atoms with van der Waals surface area (Å²) in [6.07, 6.45) is -1.72. The summed E-state index contributed by atoms with van der Waals surface area (Å²) in [5.74, 6) is 0. The highest BCUT2D eigenvalue weighted by Crippen LogP contribution is 2.42. The maximum atomic E-state index is 13.2. The third-order valence-corrected chi connectivity index (χ3v) is 8.05. The Kier molecular flexibility index (Phi) is 6.72. The first-order chi connectivity index (χ1) is 20.2. The molecular weight excluding hydrogens is 543 g/mol. The third kappa shape index (κ3) is 5.42. The maximum Gasteiger partial charge on any atom is 0.417 e. The average molecular weight is 578 g/mol. The van der Waals surface area contributed by atoms with Gasteiger partial charge in [0.25, 0.3) is 0 Å². The molecule has 6 aromatic rings. The zero-order valence-corrected chi connectivity index (χ0v) is 25.2. The van der Waals surface area contributed by atoms with Crippen molar-refractivity contribution in [2.24, 2.45) is 0 Å². The fourth-order valence-electron chi connectivity index (χ4n) is 5.50. The third-order valence-electron chi connectivity index (χ3n) is 8.05. The topological polar surface area (TPSA) is 41.6 Å². The first-order valence-electron chi connectivity index (χ1n) is 14.4. The van der Waals surface area contributed by atoms with Crippen LogP contribution in [0.25, 0.3) is 55.4 Å². The van der Waals surface area contributed by atoms with Gasteiger partial charge < -0.3 is 4.98 Å². The Morgan fingerprint density at radius 3 is 1.74 bits per heavy atom. The fraction of sp³-hybridized carbons (Fsp3) is 0.243. The van der Waals surface area contributed by atoms with Gasteiger partial charge in [-0.2, -0.15) is 13.2 Å². The van der Waals surface area contributed by atoms with Crippen LogP contribution in [0.1, 0.15) is 58.2 Å². The van der Waals surface area contributed by atoms with Crippen LogP contribution in [0.3, 0.4) is 0 Å². The second-order valence-electron chi connectivity index (χ2n) is 13.2. The minimum atomic E-state index is -4.43. The minimum absolute atomic E-state index is 0.0746. The van der Waals surface area contributed by atoms with E-state index in [9.17, 15) is 13.2 Å². The van der Waals surface area contributed by atoms with Crippen molar-refractivity contribution in [2.45, 2.75) is 58.5 Å². The molecule has 218 valence electrons. The van der Waals surface area contributed by atoms with E-state index in [0.717, 1.165) is 62.0 Å². The van der Waals surface area contributed by atoms with Gasteiger partial charge in [0.1, 0.15) is 0 Å². The van der Waals surface area contributed by atoms with E-state index in [-0.39, 0.29) is 10.8 Å². The standard InChI is InChI=1S/C37H34F3N3/c1-35(2,3)25-17-27(22-10-9-11-23(16-22)31-14-13-24(21-42-31)37(38,39)40)33-28(18-25)29-19-26(36(4,5)6)20-30(34(29)43-33)32-12-7-8-15-41-32/h7-21,43H,1-6H3. The molecule has 0 spiro atoms. The Bertz CT molecular complexity index is 1950. The van der Waals surface area contributed by atoms with Crippen molar-refractivity contribution in [3.63, 3.8) is 0 Å². The van der Waals surface area contributed by atoms with Crippen LogP contribution in [0, 0.1) is 0 Å². The number of nitrogens with one attached hydrogen (secondary N) is 1. The highest BCUT2D eigenvalue weighted by Gasteiger charge is 2.30. The Hall–Kier alpha value is -4.45. The molecule has 6 heteroatoms. The number of hydrogen-bond donors (Lipinski definition) is 1. The molecule has 0 saturated heterocycles.